The zero-order valence-corrected chi connectivity index (χ0v) is 13.0. The van der Waals surface area contributed by atoms with E-state index in [9.17, 15) is 0 Å². The van der Waals surface area contributed by atoms with E-state index in [1.165, 1.54) is 70.9 Å². The first-order valence-electron chi connectivity index (χ1n) is 8.72. The first-order chi connectivity index (χ1) is 9.22. The molecule has 110 valence electrons. The molecule has 2 heteroatoms. The Kier molecular flexibility index (Phi) is 4.19. The molecule has 2 saturated carbocycles. The summed E-state index contributed by atoms with van der Waals surface area (Å²) in [6, 6.07) is 1.74. The van der Waals surface area contributed by atoms with E-state index in [0.29, 0.717) is 5.54 Å². The smallest absolute Gasteiger partial charge is 0.0278 e. The largest absolute Gasteiger partial charge is 0.309 e. The number of hydrogen-bond donors (Lipinski definition) is 1. The standard InChI is InChI=1S/C17H32N2/c1-3-17(2)13-19(15-8-6-4-5-7-9-15)16(12-18-17)14-10-11-14/h14-16,18H,3-13H2,1-2H3. The Morgan fingerprint density at radius 3 is 2.32 bits per heavy atom. The molecule has 0 spiro atoms. The molecule has 3 aliphatic rings. The van der Waals surface area contributed by atoms with Gasteiger partial charge in [-0.3, -0.25) is 4.90 Å². The molecule has 0 aromatic rings. The van der Waals surface area contributed by atoms with Gasteiger partial charge in [-0.05, 0) is 44.9 Å². The Labute approximate surface area is 119 Å². The van der Waals surface area contributed by atoms with Crippen LogP contribution in [0.15, 0.2) is 0 Å². The van der Waals surface area contributed by atoms with Gasteiger partial charge in [0.25, 0.3) is 0 Å². The zero-order valence-electron chi connectivity index (χ0n) is 13.0. The Balaban J connectivity index is 1.72. The average molecular weight is 264 g/mol. The zero-order chi connectivity index (χ0) is 13.3. The fourth-order valence-electron chi connectivity index (χ4n) is 4.19. The molecule has 2 nitrogen and oxygen atoms in total. The van der Waals surface area contributed by atoms with E-state index in [-0.39, 0.29) is 0 Å². The minimum Gasteiger partial charge on any atom is -0.309 e. The molecule has 2 aliphatic carbocycles. The molecule has 0 radical (unpaired) electrons. The van der Waals surface area contributed by atoms with Crippen molar-refractivity contribution in [3.63, 3.8) is 0 Å². The molecule has 3 rings (SSSR count). The lowest BCUT2D eigenvalue weighted by Gasteiger charge is -2.49. The van der Waals surface area contributed by atoms with Gasteiger partial charge in [0.15, 0.2) is 0 Å². The van der Waals surface area contributed by atoms with Gasteiger partial charge < -0.3 is 5.32 Å². The molecule has 3 fully saturated rings. The molecule has 1 aliphatic heterocycles. The van der Waals surface area contributed by atoms with E-state index in [4.69, 9.17) is 0 Å². The fourth-order valence-corrected chi connectivity index (χ4v) is 4.19. The monoisotopic (exact) mass is 264 g/mol. The van der Waals surface area contributed by atoms with Crippen molar-refractivity contribution >= 4 is 0 Å². The van der Waals surface area contributed by atoms with Crippen molar-refractivity contribution in [1.82, 2.24) is 10.2 Å². The van der Waals surface area contributed by atoms with Crippen molar-refractivity contribution in [2.75, 3.05) is 13.1 Å². The van der Waals surface area contributed by atoms with Crippen LogP contribution in [0.5, 0.6) is 0 Å². The Morgan fingerprint density at radius 2 is 1.74 bits per heavy atom. The number of piperazine rings is 1. The van der Waals surface area contributed by atoms with Crippen LogP contribution in [0, 0.1) is 5.92 Å². The lowest BCUT2D eigenvalue weighted by atomic mass is 9.89. The SMILES string of the molecule is CCC1(C)CN(C2CCCCCC2)C(C2CC2)CN1. The Hall–Kier alpha value is -0.0800. The first-order valence-corrected chi connectivity index (χ1v) is 8.72. The fraction of sp³-hybridized carbons (Fsp3) is 1.00. The third-order valence-corrected chi connectivity index (χ3v) is 5.94. The average Bonchev–Trinajstić information content (AvgIpc) is 3.25. The minimum absolute atomic E-state index is 0.359. The summed E-state index contributed by atoms with van der Waals surface area (Å²) < 4.78 is 0. The summed E-state index contributed by atoms with van der Waals surface area (Å²) in [6.45, 7) is 7.30. The van der Waals surface area contributed by atoms with E-state index >= 15 is 0 Å². The molecular formula is C17H32N2. The third-order valence-electron chi connectivity index (χ3n) is 5.94. The van der Waals surface area contributed by atoms with Crippen molar-refractivity contribution in [3.05, 3.63) is 0 Å². The van der Waals surface area contributed by atoms with Crippen molar-refractivity contribution < 1.29 is 0 Å². The van der Waals surface area contributed by atoms with Gasteiger partial charge in [0.05, 0.1) is 0 Å². The summed E-state index contributed by atoms with van der Waals surface area (Å²) in [4.78, 5) is 2.95. The van der Waals surface area contributed by atoms with Crippen molar-refractivity contribution in [1.29, 1.82) is 0 Å². The van der Waals surface area contributed by atoms with Crippen LogP contribution in [0.2, 0.25) is 0 Å². The van der Waals surface area contributed by atoms with Crippen molar-refractivity contribution in [3.8, 4) is 0 Å². The van der Waals surface area contributed by atoms with Gasteiger partial charge in [-0.25, -0.2) is 0 Å². The van der Waals surface area contributed by atoms with Crippen LogP contribution in [0.3, 0.4) is 0 Å². The second-order valence-corrected chi connectivity index (χ2v) is 7.52. The third kappa shape index (κ3) is 3.16. The first kappa shape index (κ1) is 13.9. The molecule has 0 amide bonds. The highest BCUT2D eigenvalue weighted by molar-refractivity contribution is 5.01. The molecule has 2 atom stereocenters. The summed E-state index contributed by atoms with van der Waals surface area (Å²) >= 11 is 0. The van der Waals surface area contributed by atoms with E-state index < -0.39 is 0 Å². The quantitative estimate of drug-likeness (QED) is 0.784. The van der Waals surface area contributed by atoms with Crippen LogP contribution >= 0.6 is 0 Å². The molecule has 1 N–H and O–H groups in total. The maximum atomic E-state index is 3.86. The summed E-state index contributed by atoms with van der Waals surface area (Å²) in [6.07, 6.45) is 13.0. The van der Waals surface area contributed by atoms with Gasteiger partial charge in [0, 0.05) is 30.7 Å². The van der Waals surface area contributed by atoms with Crippen LogP contribution in [0.4, 0.5) is 0 Å². The molecule has 1 saturated heterocycles. The molecule has 19 heavy (non-hydrogen) atoms. The molecule has 0 aromatic heterocycles. The summed E-state index contributed by atoms with van der Waals surface area (Å²) in [5, 5.41) is 3.86. The number of nitrogens with one attached hydrogen (secondary N) is 1. The lowest BCUT2D eigenvalue weighted by molar-refractivity contribution is 0.0296. The Morgan fingerprint density at radius 1 is 1.05 bits per heavy atom. The van der Waals surface area contributed by atoms with E-state index in [1.807, 2.05) is 0 Å². The van der Waals surface area contributed by atoms with Gasteiger partial charge in [0.2, 0.25) is 0 Å². The predicted molar refractivity (Wildman–Crippen MR) is 81.4 cm³/mol. The van der Waals surface area contributed by atoms with Crippen LogP contribution in [-0.4, -0.2) is 35.6 Å². The van der Waals surface area contributed by atoms with Gasteiger partial charge in [-0.1, -0.05) is 32.6 Å². The van der Waals surface area contributed by atoms with Gasteiger partial charge in [-0.2, -0.15) is 0 Å². The highest BCUT2D eigenvalue weighted by atomic mass is 15.3. The topological polar surface area (TPSA) is 15.3 Å². The van der Waals surface area contributed by atoms with E-state index in [2.05, 4.69) is 24.1 Å². The van der Waals surface area contributed by atoms with E-state index in [1.54, 1.807) is 0 Å². The molecule has 2 unspecified atom stereocenters. The Bertz CT molecular complexity index is 292. The maximum Gasteiger partial charge on any atom is 0.0278 e. The lowest BCUT2D eigenvalue weighted by Crippen LogP contribution is -2.65. The van der Waals surface area contributed by atoms with Crippen LogP contribution < -0.4 is 5.32 Å². The summed E-state index contributed by atoms with van der Waals surface area (Å²) in [7, 11) is 0. The summed E-state index contributed by atoms with van der Waals surface area (Å²) in [5.74, 6) is 1.01. The molecule has 1 heterocycles. The van der Waals surface area contributed by atoms with Gasteiger partial charge in [0.1, 0.15) is 0 Å². The predicted octanol–water partition coefficient (Wildman–Crippen LogP) is 3.56. The summed E-state index contributed by atoms with van der Waals surface area (Å²) in [5.41, 5.74) is 0.359. The molecule has 0 aromatic carbocycles. The van der Waals surface area contributed by atoms with Gasteiger partial charge >= 0.3 is 0 Å². The van der Waals surface area contributed by atoms with Crippen LogP contribution in [0.25, 0.3) is 0 Å². The highest BCUT2D eigenvalue weighted by Crippen LogP contribution is 2.40. The number of rotatable bonds is 3. The van der Waals surface area contributed by atoms with Gasteiger partial charge in [-0.15, -0.1) is 0 Å². The van der Waals surface area contributed by atoms with Crippen LogP contribution in [-0.2, 0) is 0 Å². The highest BCUT2D eigenvalue weighted by Gasteiger charge is 2.44. The molecule has 0 bridgehead atoms. The second kappa shape index (κ2) is 5.73. The van der Waals surface area contributed by atoms with Crippen LogP contribution in [0.1, 0.15) is 71.6 Å². The molecular weight excluding hydrogens is 232 g/mol. The van der Waals surface area contributed by atoms with E-state index in [0.717, 1.165) is 18.0 Å². The minimum atomic E-state index is 0.359. The maximum absolute atomic E-state index is 3.86. The second-order valence-electron chi connectivity index (χ2n) is 7.52. The number of nitrogens with zero attached hydrogens (tertiary/aromatic N) is 1. The van der Waals surface area contributed by atoms with Crippen molar-refractivity contribution in [2.24, 2.45) is 5.92 Å². The normalized spacial score (nSPS) is 39.2. The van der Waals surface area contributed by atoms with Crippen molar-refractivity contribution in [2.45, 2.75) is 89.3 Å². The number of hydrogen-bond acceptors (Lipinski definition) is 2.